The van der Waals surface area contributed by atoms with Crippen molar-refractivity contribution in [3.8, 4) is 0 Å². The van der Waals surface area contributed by atoms with Gasteiger partial charge in [-0.3, -0.25) is 4.79 Å². The quantitative estimate of drug-likeness (QED) is 0.642. The van der Waals surface area contributed by atoms with Crippen molar-refractivity contribution in [2.75, 3.05) is 20.2 Å². The molecule has 3 aromatic rings. The van der Waals surface area contributed by atoms with Gasteiger partial charge in [0.1, 0.15) is 0 Å². The normalized spacial score (nSPS) is 17.1. The van der Waals surface area contributed by atoms with Crippen LogP contribution < -0.4 is 0 Å². The van der Waals surface area contributed by atoms with Crippen LogP contribution in [-0.4, -0.2) is 42.0 Å². The molecule has 2 heterocycles. The van der Waals surface area contributed by atoms with Gasteiger partial charge in [0.2, 0.25) is 0 Å². The lowest BCUT2D eigenvalue weighted by atomic mass is 9.98. The number of amides is 1. The average molecular weight is 380 g/mol. The second kappa shape index (κ2) is 7.48. The van der Waals surface area contributed by atoms with Gasteiger partial charge in [-0.2, -0.15) is 0 Å². The Kier molecular flexibility index (Phi) is 4.90. The number of nitrogens with zero attached hydrogens (tertiary/aromatic N) is 2. The molecule has 2 aromatic carbocycles. The van der Waals surface area contributed by atoms with Crippen molar-refractivity contribution in [2.45, 2.75) is 18.8 Å². The number of fused-ring (bicyclic) bond motifs is 1. The van der Waals surface area contributed by atoms with Gasteiger partial charge in [-0.1, -0.05) is 12.1 Å². The maximum absolute atomic E-state index is 12.9. The number of aromatic nitrogens is 1. The summed E-state index contributed by atoms with van der Waals surface area (Å²) in [4.78, 5) is 31.1. The number of carbonyl (C=O) groups excluding carboxylic acids is 2. The fraction of sp³-hybridized carbons (Fsp3) is 0.286. The van der Waals surface area contributed by atoms with Gasteiger partial charge in [0.15, 0.2) is 0 Å². The van der Waals surface area contributed by atoms with Crippen LogP contribution >= 0.6 is 11.3 Å². The van der Waals surface area contributed by atoms with Crippen molar-refractivity contribution in [1.82, 2.24) is 9.88 Å². The summed E-state index contributed by atoms with van der Waals surface area (Å²) in [5, 5.41) is 1.11. The van der Waals surface area contributed by atoms with Gasteiger partial charge in [0, 0.05) is 24.6 Å². The number of hydrogen-bond acceptors (Lipinski definition) is 5. The molecule has 1 saturated heterocycles. The lowest BCUT2D eigenvalue weighted by molar-refractivity contribution is 0.0599. The van der Waals surface area contributed by atoms with Crippen LogP contribution in [-0.2, 0) is 4.74 Å². The van der Waals surface area contributed by atoms with Crippen molar-refractivity contribution in [1.29, 1.82) is 0 Å². The molecule has 4 rings (SSSR count). The Morgan fingerprint density at radius 3 is 2.59 bits per heavy atom. The van der Waals surface area contributed by atoms with Crippen LogP contribution in [0, 0.1) is 0 Å². The SMILES string of the molecule is COC(=O)c1ccc(C(=O)N2CCC[C@H](c3nc4ccccc4s3)C2)cc1. The van der Waals surface area contributed by atoms with E-state index in [9.17, 15) is 9.59 Å². The van der Waals surface area contributed by atoms with Gasteiger partial charge in [0.05, 0.1) is 27.9 Å². The number of piperidine rings is 1. The molecule has 1 amide bonds. The summed E-state index contributed by atoms with van der Waals surface area (Å²) in [5.41, 5.74) is 2.06. The Bertz CT molecular complexity index is 948. The summed E-state index contributed by atoms with van der Waals surface area (Å²) in [6.45, 7) is 1.43. The number of hydrogen-bond donors (Lipinski definition) is 0. The van der Waals surface area contributed by atoms with Crippen LogP contribution in [0.4, 0.5) is 0 Å². The predicted molar refractivity (Wildman–Crippen MR) is 105 cm³/mol. The van der Waals surface area contributed by atoms with Crippen LogP contribution in [0.15, 0.2) is 48.5 Å². The number of methoxy groups -OCH3 is 1. The van der Waals surface area contributed by atoms with Gasteiger partial charge in [0.25, 0.3) is 5.91 Å². The summed E-state index contributed by atoms with van der Waals surface area (Å²) in [6, 6.07) is 14.8. The van der Waals surface area contributed by atoms with E-state index in [1.165, 1.54) is 11.8 Å². The highest BCUT2D eigenvalue weighted by Crippen LogP contribution is 2.33. The zero-order valence-electron chi connectivity index (χ0n) is 15.1. The maximum atomic E-state index is 12.9. The minimum Gasteiger partial charge on any atom is -0.465 e. The zero-order valence-corrected chi connectivity index (χ0v) is 15.9. The Hall–Kier alpha value is -2.73. The van der Waals surface area contributed by atoms with Crippen molar-refractivity contribution in [3.63, 3.8) is 0 Å². The number of para-hydroxylation sites is 1. The first kappa shape index (κ1) is 17.7. The van der Waals surface area contributed by atoms with Crippen LogP contribution in [0.3, 0.4) is 0 Å². The number of ether oxygens (including phenoxy) is 1. The molecular formula is C21H20N2O3S. The Morgan fingerprint density at radius 1 is 1.11 bits per heavy atom. The summed E-state index contributed by atoms with van der Waals surface area (Å²) in [5.74, 6) is -0.130. The first-order valence-corrected chi connectivity index (χ1v) is 9.80. The van der Waals surface area contributed by atoms with E-state index < -0.39 is 5.97 Å². The lowest BCUT2D eigenvalue weighted by Gasteiger charge is -2.32. The van der Waals surface area contributed by atoms with Gasteiger partial charge < -0.3 is 9.64 Å². The topological polar surface area (TPSA) is 59.5 Å². The largest absolute Gasteiger partial charge is 0.465 e. The molecule has 0 bridgehead atoms. The van der Waals surface area contributed by atoms with E-state index in [2.05, 4.69) is 6.07 Å². The number of benzene rings is 2. The van der Waals surface area contributed by atoms with Gasteiger partial charge in [-0.15, -0.1) is 11.3 Å². The Balaban J connectivity index is 1.50. The highest BCUT2D eigenvalue weighted by Gasteiger charge is 2.27. The first-order valence-electron chi connectivity index (χ1n) is 8.99. The molecular weight excluding hydrogens is 360 g/mol. The third-order valence-electron chi connectivity index (χ3n) is 4.92. The molecule has 0 N–H and O–H groups in total. The molecule has 1 aliphatic rings. The Morgan fingerprint density at radius 2 is 1.85 bits per heavy atom. The van der Waals surface area contributed by atoms with Crippen molar-refractivity contribution >= 4 is 33.4 Å². The van der Waals surface area contributed by atoms with Crippen molar-refractivity contribution in [2.24, 2.45) is 0 Å². The lowest BCUT2D eigenvalue weighted by Crippen LogP contribution is -2.39. The summed E-state index contributed by atoms with van der Waals surface area (Å²) < 4.78 is 5.89. The summed E-state index contributed by atoms with van der Waals surface area (Å²) >= 11 is 1.72. The highest BCUT2D eigenvalue weighted by atomic mass is 32.1. The minimum absolute atomic E-state index is 0.00257. The van der Waals surface area contributed by atoms with E-state index in [0.717, 1.165) is 29.9 Å². The van der Waals surface area contributed by atoms with Crippen LogP contribution in [0.5, 0.6) is 0 Å². The summed E-state index contributed by atoms with van der Waals surface area (Å²) in [6.07, 6.45) is 2.01. The molecule has 1 aromatic heterocycles. The number of rotatable bonds is 3. The molecule has 0 spiro atoms. The van der Waals surface area contributed by atoms with E-state index in [0.29, 0.717) is 17.7 Å². The van der Waals surface area contributed by atoms with E-state index in [1.54, 1.807) is 35.6 Å². The monoisotopic (exact) mass is 380 g/mol. The molecule has 1 aliphatic heterocycles. The number of esters is 1. The van der Waals surface area contributed by atoms with E-state index in [1.807, 2.05) is 23.1 Å². The molecule has 1 atom stereocenters. The molecule has 0 saturated carbocycles. The maximum Gasteiger partial charge on any atom is 0.337 e. The van der Waals surface area contributed by atoms with Crippen molar-refractivity contribution in [3.05, 3.63) is 64.7 Å². The molecule has 0 radical (unpaired) electrons. The third kappa shape index (κ3) is 3.57. The fourth-order valence-corrected chi connectivity index (χ4v) is 4.57. The number of carbonyl (C=O) groups is 2. The highest BCUT2D eigenvalue weighted by molar-refractivity contribution is 7.18. The number of thiazole rings is 1. The van der Waals surface area contributed by atoms with Gasteiger partial charge >= 0.3 is 5.97 Å². The van der Waals surface area contributed by atoms with Crippen LogP contribution in [0.1, 0.15) is 44.5 Å². The first-order chi connectivity index (χ1) is 13.2. The second-order valence-corrected chi connectivity index (χ2v) is 7.74. The van der Waals surface area contributed by atoms with Crippen LogP contribution in [0.25, 0.3) is 10.2 Å². The number of likely N-dealkylation sites (tertiary alicyclic amines) is 1. The average Bonchev–Trinajstić information content (AvgIpc) is 3.17. The van der Waals surface area contributed by atoms with E-state index in [4.69, 9.17) is 9.72 Å². The summed E-state index contributed by atoms with van der Waals surface area (Å²) in [7, 11) is 1.34. The van der Waals surface area contributed by atoms with Gasteiger partial charge in [-0.25, -0.2) is 9.78 Å². The zero-order chi connectivity index (χ0) is 18.8. The standard InChI is InChI=1S/C21H20N2O3S/c1-26-21(25)15-10-8-14(9-11-15)20(24)23-12-4-5-16(13-23)19-22-17-6-2-3-7-18(17)27-19/h2-3,6-11,16H,4-5,12-13H2,1H3/t16-/m0/s1. The molecule has 27 heavy (non-hydrogen) atoms. The van der Waals surface area contributed by atoms with Gasteiger partial charge in [-0.05, 0) is 49.2 Å². The predicted octanol–water partition coefficient (Wildman–Crippen LogP) is 4.10. The molecule has 5 nitrogen and oxygen atoms in total. The molecule has 138 valence electrons. The third-order valence-corrected chi connectivity index (χ3v) is 6.12. The van der Waals surface area contributed by atoms with E-state index in [-0.39, 0.29) is 11.8 Å². The molecule has 0 unspecified atom stereocenters. The van der Waals surface area contributed by atoms with Crippen LogP contribution in [0.2, 0.25) is 0 Å². The Labute approximate surface area is 161 Å². The fourth-order valence-electron chi connectivity index (χ4n) is 3.48. The second-order valence-electron chi connectivity index (χ2n) is 6.68. The van der Waals surface area contributed by atoms with Crippen molar-refractivity contribution < 1.29 is 14.3 Å². The molecule has 6 heteroatoms. The molecule has 0 aliphatic carbocycles. The molecule has 1 fully saturated rings. The smallest absolute Gasteiger partial charge is 0.337 e. The van der Waals surface area contributed by atoms with E-state index >= 15 is 0 Å². The minimum atomic E-state index is -0.400.